The van der Waals surface area contributed by atoms with Crippen LogP contribution < -0.4 is 0 Å². The van der Waals surface area contributed by atoms with Gasteiger partial charge in [-0.15, -0.1) is 0 Å². The maximum absolute atomic E-state index is 5.27. The smallest absolute Gasteiger partial charge is 0.269 e. The number of ether oxygens (including phenoxy) is 2. The van der Waals surface area contributed by atoms with E-state index in [-0.39, 0.29) is 6.29 Å². The van der Waals surface area contributed by atoms with E-state index in [1.165, 1.54) is 12.5 Å². The summed E-state index contributed by atoms with van der Waals surface area (Å²) in [6, 6.07) is 3.93. The molecule has 0 saturated heterocycles. The van der Waals surface area contributed by atoms with Crippen LogP contribution in [0, 0.1) is 0 Å². The summed E-state index contributed by atoms with van der Waals surface area (Å²) in [4.78, 5) is 0. The fourth-order valence-corrected chi connectivity index (χ4v) is 1.87. The van der Waals surface area contributed by atoms with Gasteiger partial charge in [-0.05, 0) is 28.1 Å². The maximum Gasteiger partial charge on any atom is 0.269 e. The lowest BCUT2D eigenvalue weighted by atomic mass is 10.2. The number of halogens is 1. The van der Waals surface area contributed by atoms with Gasteiger partial charge in [0.1, 0.15) is 12.5 Å². The summed E-state index contributed by atoms with van der Waals surface area (Å²) in [6.07, 6.45) is 6.34. The fourth-order valence-electron chi connectivity index (χ4n) is 1.55. The Hall–Kier alpha value is -1.49. The number of rotatable bonds is 1. The van der Waals surface area contributed by atoms with E-state index < -0.39 is 0 Å². The zero-order valence-electron chi connectivity index (χ0n) is 7.63. The van der Waals surface area contributed by atoms with E-state index in [0.717, 1.165) is 15.6 Å². The van der Waals surface area contributed by atoms with Crippen LogP contribution in [0.1, 0.15) is 11.9 Å². The van der Waals surface area contributed by atoms with Crippen LogP contribution in [0.4, 0.5) is 0 Å². The van der Waals surface area contributed by atoms with Crippen molar-refractivity contribution in [1.29, 1.82) is 0 Å². The average molecular weight is 267 g/mol. The van der Waals surface area contributed by atoms with Crippen LogP contribution >= 0.6 is 15.9 Å². The van der Waals surface area contributed by atoms with Crippen molar-refractivity contribution in [2.45, 2.75) is 6.29 Å². The molecule has 15 heavy (non-hydrogen) atoms. The summed E-state index contributed by atoms with van der Waals surface area (Å²) >= 11 is 3.39. The molecule has 3 heterocycles. The average Bonchev–Trinajstić information content (AvgIpc) is 2.82. The predicted molar refractivity (Wildman–Crippen MR) is 56.9 cm³/mol. The third-order valence-electron chi connectivity index (χ3n) is 2.22. The zero-order chi connectivity index (χ0) is 10.3. The van der Waals surface area contributed by atoms with Gasteiger partial charge in [-0.1, -0.05) is 0 Å². The molecule has 1 aliphatic rings. The first-order chi connectivity index (χ1) is 7.34. The summed E-state index contributed by atoms with van der Waals surface area (Å²) in [7, 11) is 0. The van der Waals surface area contributed by atoms with Gasteiger partial charge in [-0.25, -0.2) is 4.52 Å². The quantitative estimate of drug-likeness (QED) is 0.796. The Morgan fingerprint density at radius 1 is 1.27 bits per heavy atom. The number of nitrogens with zero attached hydrogens (tertiary/aromatic N) is 2. The molecule has 0 radical (unpaired) electrons. The van der Waals surface area contributed by atoms with Gasteiger partial charge in [0, 0.05) is 10.7 Å². The van der Waals surface area contributed by atoms with E-state index in [0.29, 0.717) is 0 Å². The number of fused-ring (bicyclic) bond motifs is 1. The van der Waals surface area contributed by atoms with Gasteiger partial charge in [0.25, 0.3) is 6.29 Å². The molecule has 0 amide bonds. The summed E-state index contributed by atoms with van der Waals surface area (Å²) < 4.78 is 13.3. The molecule has 1 aliphatic heterocycles. The van der Waals surface area contributed by atoms with Crippen LogP contribution in [0.3, 0.4) is 0 Å². The molecular formula is C10H7BrN2O2. The molecule has 0 aliphatic carbocycles. The summed E-state index contributed by atoms with van der Waals surface area (Å²) in [5.74, 6) is 0. The van der Waals surface area contributed by atoms with Crippen molar-refractivity contribution in [3.63, 3.8) is 0 Å². The highest BCUT2D eigenvalue weighted by atomic mass is 79.9. The minimum absolute atomic E-state index is 0.372. The van der Waals surface area contributed by atoms with E-state index in [1.807, 2.05) is 18.3 Å². The highest BCUT2D eigenvalue weighted by molar-refractivity contribution is 9.10. The third kappa shape index (κ3) is 1.39. The molecule has 0 atom stereocenters. The van der Waals surface area contributed by atoms with Gasteiger partial charge in [-0.3, -0.25) is 0 Å². The van der Waals surface area contributed by atoms with Crippen LogP contribution in [0.25, 0.3) is 5.52 Å². The number of pyridine rings is 1. The Balaban J connectivity index is 2.11. The molecule has 0 saturated carbocycles. The molecule has 3 rings (SSSR count). The van der Waals surface area contributed by atoms with Crippen molar-refractivity contribution in [2.75, 3.05) is 0 Å². The van der Waals surface area contributed by atoms with E-state index in [2.05, 4.69) is 21.0 Å². The summed E-state index contributed by atoms with van der Waals surface area (Å²) in [5.41, 5.74) is 1.90. The first kappa shape index (κ1) is 8.79. The Kier molecular flexibility index (Phi) is 1.92. The monoisotopic (exact) mass is 266 g/mol. The minimum Gasteiger partial charge on any atom is -0.455 e. The first-order valence-electron chi connectivity index (χ1n) is 4.43. The van der Waals surface area contributed by atoms with E-state index in [9.17, 15) is 0 Å². The Labute approximate surface area is 94.2 Å². The SMILES string of the molecule is Brc1ccc2c(C3OC=CO3)cnn2c1. The lowest BCUT2D eigenvalue weighted by Crippen LogP contribution is -1.96. The molecule has 0 spiro atoms. The Bertz CT molecular complexity index is 527. The standard InChI is InChI=1S/C10H7BrN2O2/c11-7-1-2-9-8(5-12-13(9)6-7)10-14-3-4-15-10/h1-6,10H. The maximum atomic E-state index is 5.27. The number of hydrogen-bond donors (Lipinski definition) is 0. The third-order valence-corrected chi connectivity index (χ3v) is 2.69. The molecule has 2 aromatic heterocycles. The number of hydrogen-bond acceptors (Lipinski definition) is 3. The lowest BCUT2D eigenvalue weighted by Gasteiger charge is -2.07. The highest BCUT2D eigenvalue weighted by Crippen LogP contribution is 2.27. The van der Waals surface area contributed by atoms with Crippen molar-refractivity contribution in [3.8, 4) is 0 Å². The van der Waals surface area contributed by atoms with Gasteiger partial charge in [0.15, 0.2) is 0 Å². The number of aromatic nitrogens is 2. The second-order valence-corrected chi connectivity index (χ2v) is 4.07. The van der Waals surface area contributed by atoms with Crippen LogP contribution in [0.2, 0.25) is 0 Å². The fraction of sp³-hybridized carbons (Fsp3) is 0.100. The van der Waals surface area contributed by atoms with Crippen molar-refractivity contribution < 1.29 is 9.47 Å². The normalized spacial score (nSPS) is 15.5. The van der Waals surface area contributed by atoms with Gasteiger partial charge in [0.2, 0.25) is 0 Å². The van der Waals surface area contributed by atoms with Crippen molar-refractivity contribution in [3.05, 3.63) is 47.1 Å². The van der Waals surface area contributed by atoms with Gasteiger partial charge in [0.05, 0.1) is 17.3 Å². The second-order valence-electron chi connectivity index (χ2n) is 3.15. The summed E-state index contributed by atoms with van der Waals surface area (Å²) in [5, 5.41) is 4.22. The Morgan fingerprint density at radius 3 is 2.87 bits per heavy atom. The predicted octanol–water partition coefficient (Wildman–Crippen LogP) is 2.61. The molecule has 0 bridgehead atoms. The molecule has 0 N–H and O–H groups in total. The molecule has 4 nitrogen and oxygen atoms in total. The van der Waals surface area contributed by atoms with Gasteiger partial charge >= 0.3 is 0 Å². The van der Waals surface area contributed by atoms with Crippen LogP contribution in [-0.4, -0.2) is 9.61 Å². The van der Waals surface area contributed by atoms with Crippen molar-refractivity contribution in [2.24, 2.45) is 0 Å². The minimum atomic E-state index is -0.372. The molecule has 76 valence electrons. The first-order valence-corrected chi connectivity index (χ1v) is 5.22. The van der Waals surface area contributed by atoms with Gasteiger partial charge < -0.3 is 9.47 Å². The topological polar surface area (TPSA) is 35.8 Å². The van der Waals surface area contributed by atoms with Crippen LogP contribution in [-0.2, 0) is 9.47 Å². The summed E-state index contributed by atoms with van der Waals surface area (Å²) in [6.45, 7) is 0. The second kappa shape index (κ2) is 3.27. The molecule has 0 aromatic carbocycles. The van der Waals surface area contributed by atoms with Crippen molar-refractivity contribution >= 4 is 21.4 Å². The highest BCUT2D eigenvalue weighted by Gasteiger charge is 2.20. The Morgan fingerprint density at radius 2 is 2.07 bits per heavy atom. The molecule has 5 heteroatoms. The van der Waals surface area contributed by atoms with E-state index >= 15 is 0 Å². The molecule has 2 aromatic rings. The molecule has 0 unspecified atom stereocenters. The van der Waals surface area contributed by atoms with Crippen LogP contribution in [0.15, 0.2) is 41.5 Å². The van der Waals surface area contributed by atoms with Crippen molar-refractivity contribution in [1.82, 2.24) is 9.61 Å². The zero-order valence-corrected chi connectivity index (χ0v) is 9.22. The lowest BCUT2D eigenvalue weighted by molar-refractivity contribution is -0.0234. The van der Waals surface area contributed by atoms with Gasteiger partial charge in [-0.2, -0.15) is 5.10 Å². The molecule has 0 fully saturated rings. The molecular weight excluding hydrogens is 260 g/mol. The van der Waals surface area contributed by atoms with E-state index in [1.54, 1.807) is 10.7 Å². The van der Waals surface area contributed by atoms with E-state index in [4.69, 9.17) is 9.47 Å². The van der Waals surface area contributed by atoms with Crippen LogP contribution in [0.5, 0.6) is 0 Å². The largest absolute Gasteiger partial charge is 0.455 e.